The standard InChI is InChI=1S/C11H16N2O2Si/c1-16(2,3)11(12)8-9-4-6-10(7-5-9)13(14)15/h4-8H,12H2,1-3H3/b11-8+. The maximum atomic E-state index is 10.5. The Morgan fingerprint density at radius 1 is 1.31 bits per heavy atom. The first-order valence-corrected chi connectivity index (χ1v) is 8.53. The van der Waals surface area contributed by atoms with Crippen LogP contribution in [0.2, 0.25) is 19.6 Å². The Kier molecular flexibility index (Phi) is 3.49. The fourth-order valence-electron chi connectivity index (χ4n) is 1.09. The molecule has 0 aromatic heterocycles. The van der Waals surface area contributed by atoms with Crippen molar-refractivity contribution < 1.29 is 4.92 Å². The van der Waals surface area contributed by atoms with Gasteiger partial charge in [-0.15, -0.1) is 0 Å². The third-order valence-electron chi connectivity index (χ3n) is 2.29. The molecule has 0 fully saturated rings. The third-order valence-corrected chi connectivity index (χ3v) is 4.17. The molecule has 0 spiro atoms. The average molecular weight is 236 g/mol. The van der Waals surface area contributed by atoms with Gasteiger partial charge in [0.15, 0.2) is 0 Å². The summed E-state index contributed by atoms with van der Waals surface area (Å²) in [6.45, 7) is 6.47. The molecule has 1 aromatic rings. The van der Waals surface area contributed by atoms with E-state index in [1.54, 1.807) is 12.1 Å². The lowest BCUT2D eigenvalue weighted by Gasteiger charge is -2.16. The Bertz CT molecular complexity index is 419. The van der Waals surface area contributed by atoms with Gasteiger partial charge in [0.2, 0.25) is 0 Å². The summed E-state index contributed by atoms with van der Waals surface area (Å²) in [6.07, 6.45) is 1.90. The van der Waals surface area contributed by atoms with Gasteiger partial charge in [-0.1, -0.05) is 19.6 Å². The van der Waals surface area contributed by atoms with Crippen LogP contribution in [0.15, 0.2) is 29.6 Å². The summed E-state index contributed by atoms with van der Waals surface area (Å²) in [5.74, 6) is 0. The zero-order valence-corrected chi connectivity index (χ0v) is 10.7. The molecule has 1 aromatic carbocycles. The number of nitrogens with two attached hydrogens (primary N) is 1. The highest BCUT2D eigenvalue weighted by molar-refractivity contribution is 6.83. The third kappa shape index (κ3) is 3.20. The molecule has 0 aliphatic rings. The number of hydrogen-bond donors (Lipinski definition) is 1. The number of nitro benzene ring substituents is 1. The molecule has 0 aliphatic heterocycles. The molecule has 2 N–H and O–H groups in total. The van der Waals surface area contributed by atoms with Crippen molar-refractivity contribution in [3.8, 4) is 0 Å². The Labute approximate surface area is 95.9 Å². The van der Waals surface area contributed by atoms with Gasteiger partial charge in [-0.3, -0.25) is 10.1 Å². The van der Waals surface area contributed by atoms with Gasteiger partial charge in [-0.05, 0) is 29.1 Å². The molecule has 0 saturated carbocycles. The van der Waals surface area contributed by atoms with Gasteiger partial charge in [0.05, 0.1) is 13.0 Å². The number of nitro groups is 1. The van der Waals surface area contributed by atoms with Crippen molar-refractivity contribution in [3.63, 3.8) is 0 Å². The molecule has 0 atom stereocenters. The minimum atomic E-state index is -1.47. The summed E-state index contributed by atoms with van der Waals surface area (Å²) in [4.78, 5) is 10.1. The van der Waals surface area contributed by atoms with E-state index in [0.717, 1.165) is 10.9 Å². The minimum Gasteiger partial charge on any atom is -0.406 e. The molecule has 0 aliphatic carbocycles. The van der Waals surface area contributed by atoms with Gasteiger partial charge in [0.1, 0.15) is 0 Å². The maximum Gasteiger partial charge on any atom is 0.269 e. The van der Waals surface area contributed by atoms with Crippen LogP contribution < -0.4 is 5.73 Å². The van der Waals surface area contributed by atoms with E-state index in [1.165, 1.54) is 12.1 Å². The Hall–Kier alpha value is -1.62. The van der Waals surface area contributed by atoms with Crippen molar-refractivity contribution >= 4 is 19.8 Å². The Morgan fingerprint density at radius 3 is 2.19 bits per heavy atom. The summed E-state index contributed by atoms with van der Waals surface area (Å²) in [5.41, 5.74) is 6.98. The van der Waals surface area contributed by atoms with E-state index in [4.69, 9.17) is 5.73 Å². The van der Waals surface area contributed by atoms with Crippen LogP contribution in [0.1, 0.15) is 5.56 Å². The summed E-state index contributed by atoms with van der Waals surface area (Å²) in [5, 5.41) is 11.4. The minimum absolute atomic E-state index is 0.101. The van der Waals surface area contributed by atoms with Crippen LogP contribution in [0.4, 0.5) is 5.69 Å². The van der Waals surface area contributed by atoms with Gasteiger partial charge in [-0.25, -0.2) is 0 Å². The Morgan fingerprint density at radius 2 is 1.81 bits per heavy atom. The SMILES string of the molecule is C[Si](C)(C)/C(N)=C/c1ccc([N+](=O)[O-])cc1. The molecule has 5 heteroatoms. The van der Waals surface area contributed by atoms with Crippen LogP contribution in [0.5, 0.6) is 0 Å². The van der Waals surface area contributed by atoms with Crippen LogP contribution in [0.3, 0.4) is 0 Å². The average Bonchev–Trinajstić information content (AvgIpc) is 2.17. The molecule has 0 unspecified atom stereocenters. The summed E-state index contributed by atoms with van der Waals surface area (Å²) < 4.78 is 0. The van der Waals surface area contributed by atoms with Gasteiger partial charge in [0, 0.05) is 12.1 Å². The van der Waals surface area contributed by atoms with Crippen molar-refractivity contribution in [2.75, 3.05) is 0 Å². The van der Waals surface area contributed by atoms with Crippen LogP contribution in [-0.2, 0) is 0 Å². The highest BCUT2D eigenvalue weighted by Crippen LogP contribution is 2.16. The van der Waals surface area contributed by atoms with Gasteiger partial charge >= 0.3 is 0 Å². The lowest BCUT2D eigenvalue weighted by atomic mass is 10.2. The highest BCUT2D eigenvalue weighted by Gasteiger charge is 2.16. The number of benzene rings is 1. The fourth-order valence-corrected chi connectivity index (χ4v) is 1.69. The number of non-ortho nitro benzene ring substituents is 1. The lowest BCUT2D eigenvalue weighted by molar-refractivity contribution is -0.384. The smallest absolute Gasteiger partial charge is 0.269 e. The zero-order valence-electron chi connectivity index (χ0n) is 9.73. The largest absolute Gasteiger partial charge is 0.406 e. The molecule has 0 radical (unpaired) electrons. The quantitative estimate of drug-likeness (QED) is 0.498. The molecule has 16 heavy (non-hydrogen) atoms. The fraction of sp³-hybridized carbons (Fsp3) is 0.273. The molecule has 0 heterocycles. The summed E-state index contributed by atoms with van der Waals surface area (Å²) >= 11 is 0. The highest BCUT2D eigenvalue weighted by atomic mass is 28.3. The van der Waals surface area contributed by atoms with E-state index < -0.39 is 13.0 Å². The molecular weight excluding hydrogens is 220 g/mol. The van der Waals surface area contributed by atoms with Crippen LogP contribution >= 0.6 is 0 Å². The monoisotopic (exact) mass is 236 g/mol. The van der Waals surface area contributed by atoms with Crippen molar-refractivity contribution in [2.45, 2.75) is 19.6 Å². The topological polar surface area (TPSA) is 69.2 Å². The summed E-state index contributed by atoms with van der Waals surface area (Å²) in [6, 6.07) is 6.41. The predicted molar refractivity (Wildman–Crippen MR) is 68.6 cm³/mol. The molecule has 86 valence electrons. The molecular formula is C11H16N2O2Si. The van der Waals surface area contributed by atoms with Crippen LogP contribution in [0, 0.1) is 10.1 Å². The maximum absolute atomic E-state index is 10.5. The second-order valence-electron chi connectivity index (χ2n) is 4.70. The second-order valence-corrected chi connectivity index (χ2v) is 9.78. The molecule has 4 nitrogen and oxygen atoms in total. The summed E-state index contributed by atoms with van der Waals surface area (Å²) in [7, 11) is -1.47. The molecule has 0 bridgehead atoms. The normalized spacial score (nSPS) is 12.6. The van der Waals surface area contributed by atoms with Gasteiger partial charge in [-0.2, -0.15) is 0 Å². The lowest BCUT2D eigenvalue weighted by Crippen LogP contribution is -2.29. The first kappa shape index (κ1) is 12.4. The van der Waals surface area contributed by atoms with E-state index in [9.17, 15) is 10.1 Å². The molecule has 0 saturated heterocycles. The van der Waals surface area contributed by atoms with Gasteiger partial charge < -0.3 is 5.73 Å². The Balaban J connectivity index is 2.96. The van der Waals surface area contributed by atoms with Gasteiger partial charge in [0.25, 0.3) is 5.69 Å². The van der Waals surface area contributed by atoms with Crippen molar-refractivity contribution in [3.05, 3.63) is 45.3 Å². The first-order chi connectivity index (χ1) is 7.30. The van der Waals surface area contributed by atoms with Crippen molar-refractivity contribution in [2.24, 2.45) is 5.73 Å². The van der Waals surface area contributed by atoms with Crippen molar-refractivity contribution in [1.29, 1.82) is 0 Å². The number of rotatable bonds is 3. The first-order valence-electron chi connectivity index (χ1n) is 5.03. The van der Waals surface area contributed by atoms with E-state index in [2.05, 4.69) is 19.6 Å². The van der Waals surface area contributed by atoms with E-state index in [0.29, 0.717) is 0 Å². The predicted octanol–water partition coefficient (Wildman–Crippen LogP) is 2.77. The molecule has 0 amide bonds. The van der Waals surface area contributed by atoms with E-state index in [1.807, 2.05) is 6.08 Å². The van der Waals surface area contributed by atoms with E-state index >= 15 is 0 Å². The van der Waals surface area contributed by atoms with E-state index in [-0.39, 0.29) is 5.69 Å². The van der Waals surface area contributed by atoms with Crippen molar-refractivity contribution in [1.82, 2.24) is 0 Å². The number of nitrogens with zero attached hydrogens (tertiary/aromatic N) is 1. The zero-order chi connectivity index (χ0) is 12.3. The number of hydrogen-bond acceptors (Lipinski definition) is 3. The van der Waals surface area contributed by atoms with Crippen LogP contribution in [-0.4, -0.2) is 13.0 Å². The second kappa shape index (κ2) is 4.48. The van der Waals surface area contributed by atoms with Crippen LogP contribution in [0.25, 0.3) is 6.08 Å². The molecule has 1 rings (SSSR count).